The molecule has 0 bridgehead atoms. The molecule has 0 saturated carbocycles. The first-order valence-corrected chi connectivity index (χ1v) is 3.52. The van der Waals surface area contributed by atoms with Gasteiger partial charge in [-0.2, -0.15) is 0 Å². The molecule has 1 nitrogen and oxygen atoms in total. The summed E-state index contributed by atoms with van der Waals surface area (Å²) >= 11 is 0. The SMILES string of the molecule is FC(F)c1ccc2occc2c1. The lowest BCUT2D eigenvalue weighted by Crippen LogP contribution is -1.81. The van der Waals surface area contributed by atoms with E-state index in [-0.39, 0.29) is 5.56 Å². The first-order chi connectivity index (χ1) is 5.77. The average Bonchev–Trinajstić information content (AvgIpc) is 2.49. The smallest absolute Gasteiger partial charge is 0.263 e. The minimum absolute atomic E-state index is 0.0314. The maximum absolute atomic E-state index is 12.2. The Hall–Kier alpha value is -1.38. The van der Waals surface area contributed by atoms with Crippen molar-refractivity contribution in [1.82, 2.24) is 0 Å². The molecule has 1 aromatic carbocycles. The molecule has 0 unspecified atom stereocenters. The number of hydrogen-bond acceptors (Lipinski definition) is 1. The quantitative estimate of drug-likeness (QED) is 0.636. The van der Waals surface area contributed by atoms with Crippen LogP contribution in [0.3, 0.4) is 0 Å². The fraction of sp³-hybridized carbons (Fsp3) is 0.111. The predicted molar refractivity (Wildman–Crippen MR) is 41.2 cm³/mol. The molecule has 3 heteroatoms. The number of fused-ring (bicyclic) bond motifs is 1. The minimum atomic E-state index is -2.41. The van der Waals surface area contributed by atoms with Crippen molar-refractivity contribution in [3.05, 3.63) is 36.1 Å². The number of furan rings is 1. The summed E-state index contributed by atoms with van der Waals surface area (Å²) in [5, 5.41) is 0.716. The van der Waals surface area contributed by atoms with Crippen LogP contribution in [-0.4, -0.2) is 0 Å². The first-order valence-electron chi connectivity index (χ1n) is 3.52. The zero-order chi connectivity index (χ0) is 8.55. The molecule has 1 heterocycles. The van der Waals surface area contributed by atoms with Crippen LogP contribution in [0, 0.1) is 0 Å². The molecular formula is C9H6F2O. The third-order valence-corrected chi connectivity index (χ3v) is 1.73. The Balaban J connectivity index is 2.60. The molecule has 0 saturated heterocycles. The zero-order valence-electron chi connectivity index (χ0n) is 6.13. The summed E-state index contributed by atoms with van der Waals surface area (Å²) < 4.78 is 29.3. The summed E-state index contributed by atoms with van der Waals surface area (Å²) in [6, 6.07) is 6.03. The van der Waals surface area contributed by atoms with Gasteiger partial charge in [-0.1, -0.05) is 0 Å². The maximum atomic E-state index is 12.2. The summed E-state index contributed by atoms with van der Waals surface area (Å²) in [4.78, 5) is 0. The molecule has 0 aliphatic heterocycles. The van der Waals surface area contributed by atoms with Crippen molar-refractivity contribution in [2.45, 2.75) is 6.43 Å². The average molecular weight is 168 g/mol. The summed E-state index contributed by atoms with van der Waals surface area (Å²) in [5.74, 6) is 0. The molecule has 62 valence electrons. The molecular weight excluding hydrogens is 162 g/mol. The minimum Gasteiger partial charge on any atom is -0.464 e. The van der Waals surface area contributed by atoms with E-state index >= 15 is 0 Å². The van der Waals surface area contributed by atoms with E-state index in [2.05, 4.69) is 0 Å². The number of benzene rings is 1. The summed E-state index contributed by atoms with van der Waals surface area (Å²) in [5.41, 5.74) is 0.670. The second-order valence-corrected chi connectivity index (χ2v) is 2.52. The van der Waals surface area contributed by atoms with E-state index in [1.165, 1.54) is 18.4 Å². The van der Waals surface area contributed by atoms with Gasteiger partial charge >= 0.3 is 0 Å². The fourth-order valence-electron chi connectivity index (χ4n) is 1.12. The Morgan fingerprint density at radius 1 is 1.17 bits per heavy atom. The summed E-state index contributed by atoms with van der Waals surface area (Å²) in [6.45, 7) is 0. The van der Waals surface area contributed by atoms with Gasteiger partial charge in [-0.15, -0.1) is 0 Å². The summed E-state index contributed by atoms with van der Waals surface area (Å²) in [6.07, 6.45) is -0.927. The van der Waals surface area contributed by atoms with Gasteiger partial charge in [-0.25, -0.2) is 8.78 Å². The number of alkyl halides is 2. The van der Waals surface area contributed by atoms with Crippen LogP contribution in [0.25, 0.3) is 11.0 Å². The molecule has 0 fully saturated rings. The second-order valence-electron chi connectivity index (χ2n) is 2.52. The molecule has 0 amide bonds. The third kappa shape index (κ3) is 1.07. The van der Waals surface area contributed by atoms with Crippen molar-refractivity contribution < 1.29 is 13.2 Å². The van der Waals surface area contributed by atoms with E-state index in [9.17, 15) is 8.78 Å². The Kier molecular flexibility index (Phi) is 1.57. The van der Waals surface area contributed by atoms with Gasteiger partial charge in [0.25, 0.3) is 6.43 Å². The van der Waals surface area contributed by atoms with Gasteiger partial charge in [0.2, 0.25) is 0 Å². The standard InChI is InChI=1S/C9H6F2O/c10-9(11)7-1-2-8-6(5-7)3-4-12-8/h1-5,9H. The van der Waals surface area contributed by atoms with Crippen LogP contribution in [0.4, 0.5) is 8.78 Å². The molecule has 2 rings (SSSR count). The van der Waals surface area contributed by atoms with Crippen LogP contribution >= 0.6 is 0 Å². The lowest BCUT2D eigenvalue weighted by atomic mass is 10.2. The number of hydrogen-bond donors (Lipinski definition) is 0. The first kappa shape index (κ1) is 7.28. The largest absolute Gasteiger partial charge is 0.464 e. The molecule has 0 aliphatic carbocycles. The third-order valence-electron chi connectivity index (χ3n) is 1.73. The van der Waals surface area contributed by atoms with Crippen molar-refractivity contribution in [3.8, 4) is 0 Å². The van der Waals surface area contributed by atoms with Gasteiger partial charge in [0.05, 0.1) is 6.26 Å². The van der Waals surface area contributed by atoms with E-state index in [1.807, 2.05) is 0 Å². The van der Waals surface area contributed by atoms with Gasteiger partial charge in [-0.3, -0.25) is 0 Å². The predicted octanol–water partition coefficient (Wildman–Crippen LogP) is 3.37. The Morgan fingerprint density at radius 2 is 2.00 bits per heavy atom. The fourth-order valence-corrected chi connectivity index (χ4v) is 1.12. The van der Waals surface area contributed by atoms with E-state index in [0.717, 1.165) is 0 Å². The van der Waals surface area contributed by atoms with Gasteiger partial charge in [-0.05, 0) is 24.3 Å². The highest BCUT2D eigenvalue weighted by molar-refractivity contribution is 5.77. The highest BCUT2D eigenvalue weighted by Crippen LogP contribution is 2.23. The van der Waals surface area contributed by atoms with Crippen molar-refractivity contribution in [1.29, 1.82) is 0 Å². The van der Waals surface area contributed by atoms with Crippen LogP contribution in [0.2, 0.25) is 0 Å². The van der Waals surface area contributed by atoms with E-state index < -0.39 is 6.43 Å². The van der Waals surface area contributed by atoms with Crippen LogP contribution < -0.4 is 0 Å². The molecule has 0 atom stereocenters. The normalized spacial score (nSPS) is 11.2. The molecule has 0 aliphatic rings. The van der Waals surface area contributed by atoms with Crippen LogP contribution in [0.1, 0.15) is 12.0 Å². The lowest BCUT2D eigenvalue weighted by molar-refractivity contribution is 0.151. The highest BCUT2D eigenvalue weighted by Gasteiger charge is 2.07. The van der Waals surface area contributed by atoms with Gasteiger partial charge in [0.1, 0.15) is 5.58 Å². The highest BCUT2D eigenvalue weighted by atomic mass is 19.3. The monoisotopic (exact) mass is 168 g/mol. The van der Waals surface area contributed by atoms with Crippen molar-refractivity contribution in [3.63, 3.8) is 0 Å². The maximum Gasteiger partial charge on any atom is 0.263 e. The Labute approximate surface area is 67.6 Å². The molecule has 0 N–H and O–H groups in total. The van der Waals surface area contributed by atoms with Crippen molar-refractivity contribution >= 4 is 11.0 Å². The van der Waals surface area contributed by atoms with E-state index in [0.29, 0.717) is 11.0 Å². The van der Waals surface area contributed by atoms with E-state index in [4.69, 9.17) is 4.42 Å². The summed E-state index contributed by atoms with van der Waals surface area (Å²) in [7, 11) is 0. The topological polar surface area (TPSA) is 13.1 Å². The van der Waals surface area contributed by atoms with Gasteiger partial charge < -0.3 is 4.42 Å². The van der Waals surface area contributed by atoms with Crippen molar-refractivity contribution in [2.24, 2.45) is 0 Å². The van der Waals surface area contributed by atoms with Crippen LogP contribution in [0.5, 0.6) is 0 Å². The van der Waals surface area contributed by atoms with Gasteiger partial charge in [0, 0.05) is 10.9 Å². The lowest BCUT2D eigenvalue weighted by Gasteiger charge is -1.97. The zero-order valence-corrected chi connectivity index (χ0v) is 6.13. The Bertz CT molecular complexity index is 392. The number of halogens is 2. The van der Waals surface area contributed by atoms with Crippen LogP contribution in [0.15, 0.2) is 34.9 Å². The van der Waals surface area contributed by atoms with E-state index in [1.54, 1.807) is 12.1 Å². The Morgan fingerprint density at radius 3 is 2.75 bits per heavy atom. The molecule has 1 aromatic heterocycles. The molecule has 0 spiro atoms. The molecule has 0 radical (unpaired) electrons. The molecule has 12 heavy (non-hydrogen) atoms. The molecule has 2 aromatic rings. The van der Waals surface area contributed by atoms with Gasteiger partial charge in [0.15, 0.2) is 0 Å². The number of rotatable bonds is 1. The van der Waals surface area contributed by atoms with Crippen LogP contribution in [-0.2, 0) is 0 Å². The van der Waals surface area contributed by atoms with Crippen molar-refractivity contribution in [2.75, 3.05) is 0 Å². The second kappa shape index (κ2) is 2.59.